The van der Waals surface area contributed by atoms with Gasteiger partial charge < -0.3 is 65.1 Å². The molecular formula is C82H137NO13. The van der Waals surface area contributed by atoms with Crippen molar-refractivity contribution in [1.82, 2.24) is 5.32 Å². The number of amides is 1. The summed E-state index contributed by atoms with van der Waals surface area (Å²) in [6.07, 6.45) is 80.5. The highest BCUT2D eigenvalue weighted by Crippen LogP contribution is 2.30. The van der Waals surface area contributed by atoms with E-state index in [0.29, 0.717) is 12.8 Å². The van der Waals surface area contributed by atoms with E-state index in [2.05, 4.69) is 153 Å². The molecule has 12 unspecified atom stereocenters. The molecule has 2 fully saturated rings. The Morgan fingerprint density at radius 3 is 1.15 bits per heavy atom. The fourth-order valence-electron chi connectivity index (χ4n) is 11.5. The molecule has 1 amide bonds. The van der Waals surface area contributed by atoms with Crippen molar-refractivity contribution in [3.8, 4) is 0 Å². The van der Waals surface area contributed by atoms with E-state index in [1.807, 2.05) is 6.08 Å². The Kier molecular flexibility index (Phi) is 58.9. The molecule has 9 N–H and O–H groups in total. The normalized spacial score (nSPS) is 23.1. The molecule has 548 valence electrons. The Morgan fingerprint density at radius 2 is 0.729 bits per heavy atom. The Morgan fingerprint density at radius 1 is 0.385 bits per heavy atom. The lowest BCUT2D eigenvalue weighted by Gasteiger charge is -2.46. The Labute approximate surface area is 583 Å². The second kappa shape index (κ2) is 64.3. The lowest BCUT2D eigenvalue weighted by atomic mass is 9.97. The molecule has 2 rings (SSSR count). The highest BCUT2D eigenvalue weighted by atomic mass is 16.7. The number of nitrogens with one attached hydrogen (secondary N) is 1. The highest BCUT2D eigenvalue weighted by molar-refractivity contribution is 5.76. The number of ether oxygens (including phenoxy) is 4. The quantitative estimate of drug-likeness (QED) is 0.0204. The number of allylic oxidation sites excluding steroid dienone is 23. The Balaban J connectivity index is 1.65. The molecule has 0 aromatic rings. The molecule has 0 spiro atoms. The van der Waals surface area contributed by atoms with Gasteiger partial charge in [-0.2, -0.15) is 0 Å². The molecule has 14 heteroatoms. The molecule has 0 aromatic heterocycles. The van der Waals surface area contributed by atoms with Gasteiger partial charge in [-0.05, 0) is 116 Å². The molecule has 14 nitrogen and oxygen atoms in total. The first-order chi connectivity index (χ1) is 47.1. The van der Waals surface area contributed by atoms with Crippen molar-refractivity contribution < 1.29 is 64.6 Å². The van der Waals surface area contributed by atoms with Gasteiger partial charge in [0.1, 0.15) is 48.8 Å². The van der Waals surface area contributed by atoms with Crippen LogP contribution in [0.3, 0.4) is 0 Å². The highest BCUT2D eigenvalue weighted by Gasteiger charge is 2.51. The molecule has 0 saturated carbocycles. The number of carbonyl (C=O) groups is 1. The number of hydrogen-bond acceptors (Lipinski definition) is 13. The maximum absolute atomic E-state index is 13.4. The number of carbonyl (C=O) groups excluding carboxylic acids is 1. The second-order valence-corrected chi connectivity index (χ2v) is 26.0. The smallest absolute Gasteiger partial charge is 0.220 e. The number of aliphatic hydroxyl groups is 8. The molecule has 2 saturated heterocycles. The molecule has 2 aliphatic rings. The summed E-state index contributed by atoms with van der Waals surface area (Å²) in [6, 6.07) is -0.951. The zero-order valence-electron chi connectivity index (χ0n) is 59.8. The third kappa shape index (κ3) is 47.0. The summed E-state index contributed by atoms with van der Waals surface area (Å²) in [6.45, 7) is 2.67. The van der Waals surface area contributed by atoms with Crippen LogP contribution < -0.4 is 5.32 Å². The van der Waals surface area contributed by atoms with Gasteiger partial charge in [0.2, 0.25) is 5.91 Å². The maximum Gasteiger partial charge on any atom is 0.220 e. The predicted molar refractivity (Wildman–Crippen MR) is 396 cm³/mol. The van der Waals surface area contributed by atoms with Crippen LogP contribution in [0.4, 0.5) is 0 Å². The molecule has 2 aliphatic heterocycles. The van der Waals surface area contributed by atoms with Gasteiger partial charge in [0.25, 0.3) is 0 Å². The van der Waals surface area contributed by atoms with Crippen molar-refractivity contribution in [2.75, 3.05) is 19.8 Å². The van der Waals surface area contributed by atoms with Gasteiger partial charge in [0.05, 0.1) is 32.0 Å². The van der Waals surface area contributed by atoms with E-state index in [-0.39, 0.29) is 18.9 Å². The number of rotatable bonds is 61. The zero-order chi connectivity index (χ0) is 69.4. The zero-order valence-corrected chi connectivity index (χ0v) is 59.8. The summed E-state index contributed by atoms with van der Waals surface area (Å²) in [7, 11) is 0. The van der Waals surface area contributed by atoms with Gasteiger partial charge >= 0.3 is 0 Å². The van der Waals surface area contributed by atoms with E-state index in [0.717, 1.165) is 109 Å². The summed E-state index contributed by atoms with van der Waals surface area (Å²) in [5, 5.41) is 87.5. The van der Waals surface area contributed by atoms with Crippen LogP contribution in [-0.4, -0.2) is 140 Å². The van der Waals surface area contributed by atoms with Crippen molar-refractivity contribution in [3.05, 3.63) is 146 Å². The lowest BCUT2D eigenvalue weighted by Crippen LogP contribution is -2.65. The van der Waals surface area contributed by atoms with Gasteiger partial charge in [-0.1, -0.05) is 295 Å². The van der Waals surface area contributed by atoms with Gasteiger partial charge in [0.15, 0.2) is 12.6 Å². The Bertz CT molecular complexity index is 2180. The number of aliphatic hydroxyl groups excluding tert-OH is 8. The van der Waals surface area contributed by atoms with Crippen molar-refractivity contribution >= 4 is 5.91 Å². The van der Waals surface area contributed by atoms with Crippen LogP contribution in [0, 0.1) is 0 Å². The van der Waals surface area contributed by atoms with E-state index in [1.165, 1.54) is 128 Å². The number of unbranched alkanes of at least 4 members (excludes halogenated alkanes) is 26. The molecule has 0 aliphatic carbocycles. The first-order valence-electron chi connectivity index (χ1n) is 38.1. The van der Waals surface area contributed by atoms with Crippen LogP contribution in [0.25, 0.3) is 0 Å². The largest absolute Gasteiger partial charge is 0.394 e. The monoisotopic (exact) mass is 1340 g/mol. The lowest BCUT2D eigenvalue weighted by molar-refractivity contribution is -0.359. The van der Waals surface area contributed by atoms with Gasteiger partial charge in [-0.3, -0.25) is 4.79 Å². The first kappa shape index (κ1) is 88.0. The third-order valence-corrected chi connectivity index (χ3v) is 17.5. The van der Waals surface area contributed by atoms with E-state index in [4.69, 9.17) is 18.9 Å². The van der Waals surface area contributed by atoms with Crippen LogP contribution in [-0.2, 0) is 23.7 Å². The summed E-state index contributed by atoms with van der Waals surface area (Å²) < 4.78 is 22.9. The van der Waals surface area contributed by atoms with Crippen LogP contribution in [0.2, 0.25) is 0 Å². The minimum absolute atomic E-state index is 0.257. The molecule has 0 aromatic carbocycles. The van der Waals surface area contributed by atoms with Crippen LogP contribution in [0.5, 0.6) is 0 Å². The third-order valence-electron chi connectivity index (χ3n) is 17.5. The topological polar surface area (TPSA) is 228 Å². The van der Waals surface area contributed by atoms with Gasteiger partial charge in [-0.25, -0.2) is 0 Å². The fourth-order valence-corrected chi connectivity index (χ4v) is 11.5. The van der Waals surface area contributed by atoms with Crippen molar-refractivity contribution in [2.45, 2.75) is 344 Å². The average Bonchev–Trinajstić information content (AvgIpc) is 0.806. The summed E-state index contributed by atoms with van der Waals surface area (Å²) >= 11 is 0. The van der Waals surface area contributed by atoms with Crippen LogP contribution >= 0.6 is 0 Å². The summed E-state index contributed by atoms with van der Waals surface area (Å²) in [5.41, 5.74) is 0. The molecule has 12 atom stereocenters. The fraction of sp³-hybridized carbons (Fsp3) is 0.695. The van der Waals surface area contributed by atoms with E-state index in [9.17, 15) is 45.6 Å². The molecule has 0 bridgehead atoms. The minimum atomic E-state index is -1.80. The number of hydrogen-bond donors (Lipinski definition) is 9. The molecule has 96 heavy (non-hydrogen) atoms. The van der Waals surface area contributed by atoms with Gasteiger partial charge in [0, 0.05) is 6.42 Å². The van der Waals surface area contributed by atoms with Crippen LogP contribution in [0.1, 0.15) is 271 Å². The first-order valence-corrected chi connectivity index (χ1v) is 38.1. The standard InChI is InChI=1S/C82H137NO13/c1-3-5-7-9-11-13-15-17-19-21-23-25-27-28-29-30-31-32-33-34-35-36-37-38-39-40-41-42-44-46-48-50-52-54-56-58-60-62-64-66-74(87)83-70(69-93-81-79(92)77(90)80(73(68-85)95-81)96-82-78(91)76(89)75(88)72(67-84)94-82)71(86)65-63-61-59-57-55-53-51-49-47-45-43-26-24-22-20-18-16-14-12-10-8-6-4-2/h5,7,11,13,17,19,23,25,28-29,31-32,34-35,37-38,40-41,47,49,55,57,63,65,70-73,75-82,84-86,88-92H,3-4,6,8-10,12,14-16,18,20-22,24,26-27,30,33,36,39,42-46,48,50-54,56,58-62,64,66-69H2,1-2H3,(H,83,87)/b7-5-,13-11-,19-17-,25-23-,29-28-,32-31-,35-34-,38-37-,41-40-,49-47+,57-55+,65-63+. The van der Waals surface area contributed by atoms with Crippen molar-refractivity contribution in [3.63, 3.8) is 0 Å². The van der Waals surface area contributed by atoms with Crippen LogP contribution in [0.15, 0.2) is 146 Å². The summed E-state index contributed by atoms with van der Waals surface area (Å²) in [5.74, 6) is -0.261. The Hall–Kier alpha value is -4.13. The van der Waals surface area contributed by atoms with Crippen molar-refractivity contribution in [2.24, 2.45) is 0 Å². The van der Waals surface area contributed by atoms with E-state index in [1.54, 1.807) is 6.08 Å². The molecule has 0 radical (unpaired) electrons. The predicted octanol–water partition coefficient (Wildman–Crippen LogP) is 16.8. The van der Waals surface area contributed by atoms with Crippen molar-refractivity contribution in [1.29, 1.82) is 0 Å². The van der Waals surface area contributed by atoms with E-state index < -0.39 is 86.8 Å². The SMILES string of the molecule is CC/C=C\C/C=C\C/C=C\C/C=C\C/C=C\C/C=C\C/C=C\C/C=C\C/C=C\CCCCCCCCCCCCCC(=O)NC(COC1OC(CO)C(OC2OC(CO)C(O)C(O)C2O)C(O)C1O)C(O)/C=C/CC/C=C/CC/C=C/CCCCCCCCCCCCCCC. The maximum atomic E-state index is 13.4. The molecule has 2 heterocycles. The average molecular weight is 1340 g/mol. The summed E-state index contributed by atoms with van der Waals surface area (Å²) in [4.78, 5) is 13.4. The minimum Gasteiger partial charge on any atom is -0.394 e. The van der Waals surface area contributed by atoms with Gasteiger partial charge in [-0.15, -0.1) is 0 Å². The second-order valence-electron chi connectivity index (χ2n) is 26.0. The molecular weight excluding hydrogens is 1210 g/mol. The van der Waals surface area contributed by atoms with E-state index >= 15 is 0 Å².